The Morgan fingerprint density at radius 3 is 2.38 bits per heavy atom. The minimum Gasteiger partial charge on any atom is -0.495 e. The molecule has 2 nitrogen and oxygen atoms in total. The second-order valence-corrected chi connectivity index (χ2v) is 8.30. The fourth-order valence-electron chi connectivity index (χ4n) is 3.14. The molecule has 0 N–H and O–H groups in total. The highest BCUT2D eigenvalue weighted by Gasteiger charge is 2.29. The van der Waals surface area contributed by atoms with Crippen LogP contribution in [0.4, 0.5) is 13.2 Å². The van der Waals surface area contributed by atoms with Crippen LogP contribution in [0.15, 0.2) is 84.0 Å². The molecule has 3 aromatic rings. The second-order valence-electron chi connectivity index (χ2n) is 7.25. The lowest BCUT2D eigenvalue weighted by Crippen LogP contribution is -2.04. The van der Waals surface area contributed by atoms with E-state index in [0.717, 1.165) is 50.8 Å². The largest absolute Gasteiger partial charge is 0.495 e. The third-order valence-corrected chi connectivity index (χ3v) is 5.83. The van der Waals surface area contributed by atoms with Crippen LogP contribution in [0.3, 0.4) is 0 Å². The third-order valence-electron chi connectivity index (χ3n) is 4.76. The van der Waals surface area contributed by atoms with Crippen molar-refractivity contribution in [1.82, 2.24) is 0 Å². The van der Waals surface area contributed by atoms with Crippen LogP contribution in [-0.2, 0) is 16.7 Å². The fourth-order valence-corrected chi connectivity index (χ4v) is 4.07. The van der Waals surface area contributed by atoms with Gasteiger partial charge in [0.15, 0.2) is 0 Å². The summed E-state index contributed by atoms with van der Waals surface area (Å²) >= 11 is 1.69. The molecule has 0 bridgehead atoms. The van der Waals surface area contributed by atoms with E-state index in [0.29, 0.717) is 19.0 Å². The zero-order valence-electron chi connectivity index (χ0n) is 18.0. The van der Waals surface area contributed by atoms with Crippen molar-refractivity contribution in [2.45, 2.75) is 30.7 Å². The zero-order chi connectivity index (χ0) is 23.1. The predicted molar refractivity (Wildman–Crippen MR) is 124 cm³/mol. The minimum atomic E-state index is -4.33. The summed E-state index contributed by atoms with van der Waals surface area (Å²) in [5.74, 6) is 2.13. The number of benzene rings is 3. The molecule has 3 aromatic carbocycles. The van der Waals surface area contributed by atoms with Crippen LogP contribution in [0, 0.1) is 6.92 Å². The van der Waals surface area contributed by atoms with Gasteiger partial charge in [-0.05, 0) is 66.4 Å². The van der Waals surface area contributed by atoms with Crippen molar-refractivity contribution < 1.29 is 22.6 Å². The van der Waals surface area contributed by atoms with Gasteiger partial charge in [-0.2, -0.15) is 13.2 Å². The highest BCUT2D eigenvalue weighted by Crippen LogP contribution is 2.32. The molecular formula is C26H25F3O2S. The van der Waals surface area contributed by atoms with Gasteiger partial charge in [0, 0.05) is 10.6 Å². The molecule has 0 fully saturated rings. The van der Waals surface area contributed by atoms with E-state index in [1.807, 2.05) is 50.2 Å². The smallest absolute Gasteiger partial charge is 0.416 e. The summed E-state index contributed by atoms with van der Waals surface area (Å²) in [6, 6.07) is 19.1. The van der Waals surface area contributed by atoms with Crippen molar-refractivity contribution in [2.75, 3.05) is 13.2 Å². The molecule has 168 valence electrons. The van der Waals surface area contributed by atoms with Crippen LogP contribution in [0.5, 0.6) is 5.75 Å². The lowest BCUT2D eigenvalue weighted by atomic mass is 10.0. The molecule has 0 aliphatic rings. The van der Waals surface area contributed by atoms with E-state index in [9.17, 15) is 13.2 Å². The molecule has 0 saturated heterocycles. The number of rotatable bonds is 9. The van der Waals surface area contributed by atoms with E-state index in [4.69, 9.17) is 9.47 Å². The number of alkyl halides is 3. The van der Waals surface area contributed by atoms with E-state index in [2.05, 4.69) is 12.6 Å². The number of hydrogen-bond donors (Lipinski definition) is 0. The molecule has 0 radical (unpaired) electrons. The Hall–Kier alpha value is -2.86. The predicted octanol–water partition coefficient (Wildman–Crippen LogP) is 7.90. The Kier molecular flexibility index (Phi) is 7.91. The Morgan fingerprint density at radius 1 is 0.969 bits per heavy atom. The van der Waals surface area contributed by atoms with Gasteiger partial charge in [0.25, 0.3) is 0 Å². The molecule has 0 heterocycles. The quantitative estimate of drug-likeness (QED) is 0.240. The molecule has 6 heteroatoms. The minimum absolute atomic E-state index is 0.317. The summed E-state index contributed by atoms with van der Waals surface area (Å²) in [6.07, 6.45) is -4.33. The lowest BCUT2D eigenvalue weighted by molar-refractivity contribution is -0.137. The van der Waals surface area contributed by atoms with Gasteiger partial charge >= 0.3 is 6.18 Å². The Morgan fingerprint density at radius 2 is 1.72 bits per heavy atom. The fraction of sp³-hybridized carbons (Fsp3) is 0.231. The van der Waals surface area contributed by atoms with Gasteiger partial charge in [0.2, 0.25) is 0 Å². The summed E-state index contributed by atoms with van der Waals surface area (Å²) in [5.41, 5.74) is 3.14. The van der Waals surface area contributed by atoms with E-state index < -0.39 is 11.7 Å². The first-order chi connectivity index (χ1) is 15.3. The Balaban J connectivity index is 1.63. The molecule has 0 atom stereocenters. The summed E-state index contributed by atoms with van der Waals surface area (Å²) in [7, 11) is 0. The molecule has 0 aliphatic carbocycles. The van der Waals surface area contributed by atoms with Gasteiger partial charge in [-0.3, -0.25) is 0 Å². The van der Waals surface area contributed by atoms with Crippen molar-refractivity contribution in [3.05, 3.63) is 95.8 Å². The van der Waals surface area contributed by atoms with E-state index >= 15 is 0 Å². The maximum absolute atomic E-state index is 12.8. The summed E-state index contributed by atoms with van der Waals surface area (Å²) in [4.78, 5) is 1.11. The SMILES string of the molecule is C=C(COc1ccc(SCc2cccc(-c3ccc(C(F)(F)F)cc3)c2)cc1C)OCC. The molecule has 0 amide bonds. The van der Waals surface area contributed by atoms with Crippen LogP contribution in [0.2, 0.25) is 0 Å². The van der Waals surface area contributed by atoms with Gasteiger partial charge in [-0.1, -0.05) is 43.0 Å². The van der Waals surface area contributed by atoms with Gasteiger partial charge in [-0.25, -0.2) is 0 Å². The Labute approximate surface area is 191 Å². The first-order valence-corrected chi connectivity index (χ1v) is 11.2. The number of ether oxygens (including phenoxy) is 2. The van der Waals surface area contributed by atoms with Crippen molar-refractivity contribution in [2.24, 2.45) is 0 Å². The van der Waals surface area contributed by atoms with Crippen LogP contribution in [0.25, 0.3) is 11.1 Å². The van der Waals surface area contributed by atoms with Crippen molar-refractivity contribution in [1.29, 1.82) is 0 Å². The van der Waals surface area contributed by atoms with Crippen LogP contribution >= 0.6 is 11.8 Å². The molecule has 0 aromatic heterocycles. The molecular weight excluding hydrogens is 433 g/mol. The van der Waals surface area contributed by atoms with Gasteiger partial charge in [0.05, 0.1) is 12.2 Å². The topological polar surface area (TPSA) is 18.5 Å². The maximum atomic E-state index is 12.8. The van der Waals surface area contributed by atoms with E-state index in [1.165, 1.54) is 12.1 Å². The molecule has 0 unspecified atom stereocenters. The van der Waals surface area contributed by atoms with Gasteiger partial charge in [-0.15, -0.1) is 11.8 Å². The summed E-state index contributed by atoms with van der Waals surface area (Å²) in [6.45, 7) is 8.59. The standard InChI is InChI=1S/C26H25F3O2S/c1-4-30-19(3)16-31-25-13-12-24(14-18(25)2)32-17-20-6-5-7-22(15-20)21-8-10-23(11-9-21)26(27,28)29/h5-15H,3-4,16-17H2,1-2H3. The first kappa shape index (κ1) is 23.8. The summed E-state index contributed by atoms with van der Waals surface area (Å²) in [5, 5.41) is 0. The lowest BCUT2D eigenvalue weighted by Gasteiger charge is -2.12. The third kappa shape index (κ3) is 6.57. The molecule has 0 saturated carbocycles. The molecule has 32 heavy (non-hydrogen) atoms. The summed E-state index contributed by atoms with van der Waals surface area (Å²) < 4.78 is 49.4. The van der Waals surface area contributed by atoms with Crippen molar-refractivity contribution in [3.8, 4) is 16.9 Å². The highest BCUT2D eigenvalue weighted by molar-refractivity contribution is 7.98. The van der Waals surface area contributed by atoms with Crippen molar-refractivity contribution in [3.63, 3.8) is 0 Å². The number of hydrogen-bond acceptors (Lipinski definition) is 3. The molecule has 0 spiro atoms. The maximum Gasteiger partial charge on any atom is 0.416 e. The van der Waals surface area contributed by atoms with E-state index in [-0.39, 0.29) is 0 Å². The van der Waals surface area contributed by atoms with Crippen LogP contribution in [0.1, 0.15) is 23.6 Å². The normalized spacial score (nSPS) is 11.3. The van der Waals surface area contributed by atoms with Gasteiger partial charge in [0.1, 0.15) is 18.1 Å². The second kappa shape index (κ2) is 10.6. The number of thioether (sulfide) groups is 1. The molecule has 3 rings (SSSR count). The average Bonchev–Trinajstić information content (AvgIpc) is 2.77. The van der Waals surface area contributed by atoms with Crippen LogP contribution in [-0.4, -0.2) is 13.2 Å². The number of aryl methyl sites for hydroxylation is 1. The first-order valence-electron chi connectivity index (χ1n) is 10.2. The van der Waals surface area contributed by atoms with Crippen molar-refractivity contribution >= 4 is 11.8 Å². The monoisotopic (exact) mass is 458 g/mol. The molecule has 0 aliphatic heterocycles. The van der Waals surface area contributed by atoms with Crippen LogP contribution < -0.4 is 4.74 Å². The van der Waals surface area contributed by atoms with E-state index in [1.54, 1.807) is 11.8 Å². The number of halogens is 3. The van der Waals surface area contributed by atoms with Gasteiger partial charge < -0.3 is 9.47 Å². The zero-order valence-corrected chi connectivity index (χ0v) is 18.9. The highest BCUT2D eigenvalue weighted by atomic mass is 32.2. The Bertz CT molecular complexity index is 1060. The average molecular weight is 459 g/mol.